The van der Waals surface area contributed by atoms with Gasteiger partial charge in [0.25, 0.3) is 0 Å². The number of rotatable bonds is 9. The van der Waals surface area contributed by atoms with Crippen LogP contribution in [0.15, 0.2) is 0 Å². The Hall–Kier alpha value is -0.610. The highest BCUT2D eigenvalue weighted by Crippen LogP contribution is 2.37. The summed E-state index contributed by atoms with van der Waals surface area (Å²) >= 11 is 0. The minimum atomic E-state index is 0. The summed E-state index contributed by atoms with van der Waals surface area (Å²) in [6.07, 6.45) is 6.79. The molecule has 1 saturated heterocycles. The number of carbonyl (C=O) groups excluding carboxylic acids is 1. The van der Waals surface area contributed by atoms with E-state index in [1.54, 1.807) is 0 Å². The van der Waals surface area contributed by atoms with Gasteiger partial charge in [0.05, 0.1) is 0 Å². The normalized spacial score (nSPS) is 29.0. The predicted molar refractivity (Wildman–Crippen MR) is 82.8 cm³/mol. The van der Waals surface area contributed by atoms with Gasteiger partial charge in [0, 0.05) is 39.7 Å². The van der Waals surface area contributed by atoms with Crippen LogP contribution in [-0.4, -0.2) is 49.2 Å². The van der Waals surface area contributed by atoms with E-state index in [2.05, 4.69) is 17.1 Å². The number of ether oxygens (including phenoxy) is 1. The minimum absolute atomic E-state index is 0. The summed E-state index contributed by atoms with van der Waals surface area (Å²) < 4.78 is 5.36. The van der Waals surface area contributed by atoms with Crippen LogP contribution in [0.1, 0.15) is 53.8 Å². The summed E-state index contributed by atoms with van der Waals surface area (Å²) in [6, 6.07) is 1.16. The summed E-state index contributed by atoms with van der Waals surface area (Å²) in [5.41, 5.74) is 0. The monoisotopic (exact) mass is 284 g/mol. The van der Waals surface area contributed by atoms with E-state index in [0.717, 1.165) is 19.6 Å². The summed E-state index contributed by atoms with van der Waals surface area (Å²) in [5, 5.41) is 3.19. The standard InChI is InChI=1S/C16H30N2O2.H2/c1-3-16(19)17-15-11-14-10-13(15)12-18(14)8-6-5-7-9-20-4-2;/h13-15H,3-12H2,1-2H3,(H,17,19);1H. The predicted octanol–water partition coefficient (Wildman–Crippen LogP) is 2.43. The molecule has 4 nitrogen and oxygen atoms in total. The fourth-order valence-corrected chi connectivity index (χ4v) is 3.65. The molecule has 0 radical (unpaired) electrons. The molecular weight excluding hydrogens is 252 g/mol. The summed E-state index contributed by atoms with van der Waals surface area (Å²) in [4.78, 5) is 14.1. The molecule has 1 aliphatic carbocycles. The summed E-state index contributed by atoms with van der Waals surface area (Å²) in [7, 11) is 0. The Morgan fingerprint density at radius 2 is 2.15 bits per heavy atom. The van der Waals surface area contributed by atoms with Crippen molar-refractivity contribution >= 4 is 5.91 Å². The molecule has 0 aromatic heterocycles. The van der Waals surface area contributed by atoms with Gasteiger partial charge in [0.15, 0.2) is 0 Å². The lowest BCUT2D eigenvalue weighted by atomic mass is 10.0. The quantitative estimate of drug-likeness (QED) is 0.661. The van der Waals surface area contributed by atoms with Gasteiger partial charge in [-0.25, -0.2) is 0 Å². The van der Waals surface area contributed by atoms with E-state index in [4.69, 9.17) is 4.74 Å². The van der Waals surface area contributed by atoms with E-state index in [9.17, 15) is 4.79 Å². The third kappa shape index (κ3) is 4.19. The number of piperidine rings is 1. The Kier molecular flexibility index (Phi) is 6.30. The van der Waals surface area contributed by atoms with E-state index in [0.29, 0.717) is 24.4 Å². The molecule has 20 heavy (non-hydrogen) atoms. The van der Waals surface area contributed by atoms with Crippen LogP contribution >= 0.6 is 0 Å². The Labute approximate surface area is 124 Å². The molecular formula is C16H32N2O2. The molecule has 1 aliphatic heterocycles. The van der Waals surface area contributed by atoms with Gasteiger partial charge in [-0.3, -0.25) is 9.69 Å². The maximum Gasteiger partial charge on any atom is 0.219 e. The maximum atomic E-state index is 11.5. The maximum absolute atomic E-state index is 11.5. The molecule has 2 fully saturated rings. The average molecular weight is 284 g/mol. The van der Waals surface area contributed by atoms with Crippen LogP contribution in [0, 0.1) is 5.92 Å². The van der Waals surface area contributed by atoms with Crippen molar-refractivity contribution in [1.29, 1.82) is 0 Å². The van der Waals surface area contributed by atoms with Gasteiger partial charge in [0.1, 0.15) is 0 Å². The van der Waals surface area contributed by atoms with E-state index in [1.807, 2.05) is 6.92 Å². The van der Waals surface area contributed by atoms with Crippen molar-refractivity contribution in [1.82, 2.24) is 10.2 Å². The lowest BCUT2D eigenvalue weighted by molar-refractivity contribution is -0.121. The third-order valence-corrected chi connectivity index (χ3v) is 4.76. The zero-order valence-corrected chi connectivity index (χ0v) is 13.1. The second kappa shape index (κ2) is 7.99. The van der Waals surface area contributed by atoms with Gasteiger partial charge in [-0.1, -0.05) is 6.92 Å². The van der Waals surface area contributed by atoms with Gasteiger partial charge >= 0.3 is 0 Å². The Bertz CT molecular complexity index is 315. The van der Waals surface area contributed by atoms with E-state index in [-0.39, 0.29) is 7.33 Å². The molecule has 3 atom stereocenters. The molecule has 1 N–H and O–H groups in total. The van der Waals surface area contributed by atoms with Gasteiger partial charge in [-0.05, 0) is 51.5 Å². The number of hydrogen-bond acceptors (Lipinski definition) is 3. The molecule has 1 heterocycles. The van der Waals surface area contributed by atoms with Crippen LogP contribution in [0.3, 0.4) is 0 Å². The Balaban J connectivity index is 0.00000220. The van der Waals surface area contributed by atoms with Crippen molar-refractivity contribution in [3.63, 3.8) is 0 Å². The minimum Gasteiger partial charge on any atom is -0.382 e. The number of fused-ring (bicyclic) bond motifs is 2. The average Bonchev–Trinajstić information content (AvgIpc) is 3.02. The second-order valence-electron chi connectivity index (χ2n) is 6.17. The van der Waals surface area contributed by atoms with Crippen molar-refractivity contribution in [3.8, 4) is 0 Å². The molecule has 0 aromatic rings. The van der Waals surface area contributed by atoms with Crippen LogP contribution < -0.4 is 5.32 Å². The number of carbonyl (C=O) groups is 1. The molecule has 2 aliphatic rings. The van der Waals surface area contributed by atoms with Crippen molar-refractivity contribution in [2.24, 2.45) is 5.92 Å². The second-order valence-corrected chi connectivity index (χ2v) is 6.17. The highest BCUT2D eigenvalue weighted by molar-refractivity contribution is 5.75. The van der Waals surface area contributed by atoms with Gasteiger partial charge in [-0.2, -0.15) is 0 Å². The first-order valence-electron chi connectivity index (χ1n) is 8.35. The number of nitrogens with zero attached hydrogens (tertiary/aromatic N) is 1. The van der Waals surface area contributed by atoms with Crippen LogP contribution in [0.25, 0.3) is 0 Å². The van der Waals surface area contributed by atoms with E-state index < -0.39 is 0 Å². The lowest BCUT2D eigenvalue weighted by Crippen LogP contribution is -2.45. The van der Waals surface area contributed by atoms with Crippen molar-refractivity contribution in [2.45, 2.75) is 64.5 Å². The number of likely N-dealkylation sites (tertiary alicyclic amines) is 1. The molecule has 0 spiro atoms. The molecule has 2 rings (SSSR count). The summed E-state index contributed by atoms with van der Waals surface area (Å²) in [5.74, 6) is 0.906. The topological polar surface area (TPSA) is 41.6 Å². The van der Waals surface area contributed by atoms with E-state index in [1.165, 1.54) is 38.8 Å². The Morgan fingerprint density at radius 3 is 2.80 bits per heavy atom. The first kappa shape index (κ1) is 15.8. The molecule has 118 valence electrons. The largest absolute Gasteiger partial charge is 0.382 e. The van der Waals surface area contributed by atoms with Crippen molar-refractivity contribution in [2.75, 3.05) is 26.3 Å². The van der Waals surface area contributed by atoms with Gasteiger partial charge in [-0.15, -0.1) is 0 Å². The number of nitrogens with one attached hydrogen (secondary N) is 1. The SMILES string of the molecule is CCOCCCCCN1CC2CC1CC2NC(=O)CC.[HH]. The number of hydrogen-bond donors (Lipinski definition) is 1. The fraction of sp³-hybridized carbons (Fsp3) is 0.938. The highest BCUT2D eigenvalue weighted by atomic mass is 16.5. The smallest absolute Gasteiger partial charge is 0.219 e. The zero-order valence-electron chi connectivity index (χ0n) is 13.1. The number of unbranched alkanes of at least 4 members (excludes halogenated alkanes) is 2. The van der Waals surface area contributed by atoms with Gasteiger partial charge < -0.3 is 10.1 Å². The molecule has 1 saturated carbocycles. The number of amides is 1. The zero-order chi connectivity index (χ0) is 14.4. The van der Waals surface area contributed by atoms with Crippen LogP contribution in [-0.2, 0) is 9.53 Å². The van der Waals surface area contributed by atoms with Crippen LogP contribution in [0.5, 0.6) is 0 Å². The molecule has 2 bridgehead atoms. The molecule has 1 amide bonds. The summed E-state index contributed by atoms with van der Waals surface area (Å²) in [6.45, 7) is 8.13. The molecule has 0 aromatic carbocycles. The lowest BCUT2D eigenvalue weighted by Gasteiger charge is -2.31. The first-order chi connectivity index (χ1) is 9.74. The molecule has 4 heteroatoms. The van der Waals surface area contributed by atoms with Crippen molar-refractivity contribution in [3.05, 3.63) is 0 Å². The van der Waals surface area contributed by atoms with Crippen LogP contribution in [0.2, 0.25) is 0 Å². The first-order valence-corrected chi connectivity index (χ1v) is 8.35. The Morgan fingerprint density at radius 1 is 1.30 bits per heavy atom. The van der Waals surface area contributed by atoms with E-state index >= 15 is 0 Å². The highest BCUT2D eigenvalue weighted by Gasteiger charge is 2.44. The van der Waals surface area contributed by atoms with Crippen LogP contribution in [0.4, 0.5) is 0 Å². The fourth-order valence-electron chi connectivity index (χ4n) is 3.65. The van der Waals surface area contributed by atoms with Gasteiger partial charge in [0.2, 0.25) is 5.91 Å². The van der Waals surface area contributed by atoms with Crippen molar-refractivity contribution < 1.29 is 11.0 Å². The molecule has 3 unspecified atom stereocenters. The third-order valence-electron chi connectivity index (χ3n) is 4.76.